The molecule has 1 aliphatic rings. The highest BCUT2D eigenvalue weighted by atomic mass is 79.9. The largest absolute Gasteiger partial charge is 0.326 e. The van der Waals surface area contributed by atoms with Crippen molar-refractivity contribution in [3.63, 3.8) is 0 Å². The summed E-state index contributed by atoms with van der Waals surface area (Å²) in [5.41, 5.74) is 3.84. The zero-order valence-electron chi connectivity index (χ0n) is 13.7. The second kappa shape index (κ2) is 6.77. The number of hydrogen-bond donors (Lipinski definition) is 1. The average molecular weight is 387 g/mol. The van der Waals surface area contributed by atoms with E-state index in [-0.39, 0.29) is 24.2 Å². The van der Waals surface area contributed by atoms with Crippen LogP contribution in [-0.2, 0) is 9.59 Å². The maximum Gasteiger partial charge on any atom is 0.229 e. The molecule has 0 aliphatic carbocycles. The van der Waals surface area contributed by atoms with Gasteiger partial charge in [-0.15, -0.1) is 0 Å². The maximum atomic E-state index is 12.5. The molecule has 0 spiro atoms. The van der Waals surface area contributed by atoms with Gasteiger partial charge < -0.3 is 10.2 Å². The molecule has 3 rings (SSSR count). The number of carbonyl (C=O) groups is 2. The van der Waals surface area contributed by atoms with E-state index in [0.717, 1.165) is 27.0 Å². The van der Waals surface area contributed by atoms with Crippen molar-refractivity contribution in [3.8, 4) is 0 Å². The van der Waals surface area contributed by atoms with Crippen LogP contribution in [0.5, 0.6) is 0 Å². The van der Waals surface area contributed by atoms with Crippen molar-refractivity contribution in [3.05, 3.63) is 58.1 Å². The van der Waals surface area contributed by atoms with Crippen LogP contribution in [0.25, 0.3) is 0 Å². The first-order valence-electron chi connectivity index (χ1n) is 7.88. The summed E-state index contributed by atoms with van der Waals surface area (Å²) in [6.07, 6.45) is 0.246. The van der Waals surface area contributed by atoms with Gasteiger partial charge >= 0.3 is 0 Å². The molecule has 1 saturated heterocycles. The Balaban J connectivity index is 1.72. The van der Waals surface area contributed by atoms with Gasteiger partial charge in [-0.1, -0.05) is 33.6 Å². The van der Waals surface area contributed by atoms with Crippen LogP contribution in [0.1, 0.15) is 17.5 Å². The summed E-state index contributed by atoms with van der Waals surface area (Å²) in [6.45, 7) is 4.44. The van der Waals surface area contributed by atoms with Gasteiger partial charge in [0.15, 0.2) is 0 Å². The van der Waals surface area contributed by atoms with Crippen LogP contribution in [0.3, 0.4) is 0 Å². The number of rotatable bonds is 3. The van der Waals surface area contributed by atoms with Gasteiger partial charge in [0, 0.05) is 28.8 Å². The lowest BCUT2D eigenvalue weighted by atomic mass is 10.1. The van der Waals surface area contributed by atoms with Crippen molar-refractivity contribution >= 4 is 39.1 Å². The monoisotopic (exact) mass is 386 g/mol. The summed E-state index contributed by atoms with van der Waals surface area (Å²) in [4.78, 5) is 26.5. The zero-order chi connectivity index (χ0) is 17.3. The first kappa shape index (κ1) is 16.7. The van der Waals surface area contributed by atoms with Gasteiger partial charge in [-0.25, -0.2) is 0 Å². The number of aryl methyl sites for hydroxylation is 2. The SMILES string of the molecule is Cc1ccc(N2C[C@H](C(=O)Nc3ccc(Br)cc3)CC2=O)c(C)c1. The lowest BCUT2D eigenvalue weighted by Gasteiger charge is -2.19. The molecule has 0 radical (unpaired) electrons. The predicted molar refractivity (Wildman–Crippen MR) is 99.1 cm³/mol. The average Bonchev–Trinajstić information content (AvgIpc) is 2.91. The van der Waals surface area contributed by atoms with Gasteiger partial charge in [-0.3, -0.25) is 9.59 Å². The quantitative estimate of drug-likeness (QED) is 0.864. The highest BCUT2D eigenvalue weighted by Gasteiger charge is 2.35. The Morgan fingerprint density at radius 3 is 2.54 bits per heavy atom. The van der Waals surface area contributed by atoms with E-state index < -0.39 is 0 Å². The molecule has 4 nitrogen and oxygen atoms in total. The third-order valence-corrected chi connectivity index (χ3v) is 4.78. The molecule has 24 heavy (non-hydrogen) atoms. The lowest BCUT2D eigenvalue weighted by Crippen LogP contribution is -2.28. The van der Waals surface area contributed by atoms with Crippen molar-refractivity contribution in [2.75, 3.05) is 16.8 Å². The summed E-state index contributed by atoms with van der Waals surface area (Å²) in [5, 5.41) is 2.89. The minimum Gasteiger partial charge on any atom is -0.326 e. The van der Waals surface area contributed by atoms with E-state index in [1.807, 2.05) is 50.2 Å². The predicted octanol–water partition coefficient (Wildman–Crippen LogP) is 4.06. The maximum absolute atomic E-state index is 12.5. The number of anilines is 2. The second-order valence-electron chi connectivity index (χ2n) is 6.19. The van der Waals surface area contributed by atoms with Crippen molar-refractivity contribution in [1.29, 1.82) is 0 Å². The topological polar surface area (TPSA) is 49.4 Å². The molecule has 5 heteroatoms. The number of nitrogens with zero attached hydrogens (tertiary/aromatic N) is 1. The van der Waals surface area contributed by atoms with Crippen LogP contribution in [0.2, 0.25) is 0 Å². The van der Waals surface area contributed by atoms with E-state index in [4.69, 9.17) is 0 Å². The summed E-state index contributed by atoms with van der Waals surface area (Å²) in [7, 11) is 0. The van der Waals surface area contributed by atoms with Crippen molar-refractivity contribution in [1.82, 2.24) is 0 Å². The smallest absolute Gasteiger partial charge is 0.229 e. The summed E-state index contributed by atoms with van der Waals surface area (Å²) >= 11 is 3.37. The van der Waals surface area contributed by atoms with Crippen LogP contribution in [0.15, 0.2) is 46.9 Å². The van der Waals surface area contributed by atoms with Crippen molar-refractivity contribution in [2.45, 2.75) is 20.3 Å². The van der Waals surface area contributed by atoms with Crippen LogP contribution in [0.4, 0.5) is 11.4 Å². The zero-order valence-corrected chi connectivity index (χ0v) is 15.3. The molecule has 1 aliphatic heterocycles. The van der Waals surface area contributed by atoms with E-state index in [2.05, 4.69) is 27.3 Å². The van der Waals surface area contributed by atoms with E-state index in [1.165, 1.54) is 0 Å². The molecule has 1 heterocycles. The number of benzene rings is 2. The van der Waals surface area contributed by atoms with Gasteiger partial charge in [0.25, 0.3) is 0 Å². The van der Waals surface area contributed by atoms with Crippen molar-refractivity contribution < 1.29 is 9.59 Å². The number of amides is 2. The van der Waals surface area contributed by atoms with Crippen LogP contribution >= 0.6 is 15.9 Å². The Morgan fingerprint density at radius 1 is 1.17 bits per heavy atom. The normalized spacial score (nSPS) is 17.2. The van der Waals surface area contributed by atoms with Crippen LogP contribution < -0.4 is 10.2 Å². The Labute approximate surface area is 150 Å². The highest BCUT2D eigenvalue weighted by Crippen LogP contribution is 2.29. The molecule has 1 atom stereocenters. The van der Waals surface area contributed by atoms with E-state index in [0.29, 0.717) is 6.54 Å². The Kier molecular flexibility index (Phi) is 4.71. The third kappa shape index (κ3) is 3.51. The molecule has 2 aromatic rings. The van der Waals surface area contributed by atoms with Gasteiger partial charge in [0.05, 0.1) is 5.92 Å². The Bertz CT molecular complexity index is 786. The molecule has 2 amide bonds. The molecule has 0 aromatic heterocycles. The Morgan fingerprint density at radius 2 is 1.88 bits per heavy atom. The number of carbonyl (C=O) groups excluding carboxylic acids is 2. The molecule has 124 valence electrons. The molecule has 0 bridgehead atoms. The molecule has 0 saturated carbocycles. The Hall–Kier alpha value is -2.14. The van der Waals surface area contributed by atoms with Crippen LogP contribution in [0, 0.1) is 19.8 Å². The molecule has 0 unspecified atom stereocenters. The van der Waals surface area contributed by atoms with Crippen LogP contribution in [-0.4, -0.2) is 18.4 Å². The highest BCUT2D eigenvalue weighted by molar-refractivity contribution is 9.10. The summed E-state index contributed by atoms with van der Waals surface area (Å²) in [5.74, 6) is -0.447. The number of halogens is 1. The fourth-order valence-electron chi connectivity index (χ4n) is 3.00. The molecular formula is C19H19BrN2O2. The van der Waals surface area contributed by atoms with Gasteiger partial charge in [-0.2, -0.15) is 0 Å². The van der Waals surface area contributed by atoms with Gasteiger partial charge in [0.1, 0.15) is 0 Å². The van der Waals surface area contributed by atoms with Crippen molar-refractivity contribution in [2.24, 2.45) is 5.92 Å². The fraction of sp³-hybridized carbons (Fsp3) is 0.263. The van der Waals surface area contributed by atoms with E-state index in [9.17, 15) is 9.59 Å². The number of hydrogen-bond acceptors (Lipinski definition) is 2. The summed E-state index contributed by atoms with van der Waals surface area (Å²) in [6, 6.07) is 13.4. The minimum absolute atomic E-state index is 0.00194. The van der Waals surface area contributed by atoms with Gasteiger partial charge in [-0.05, 0) is 49.7 Å². The molecule has 2 aromatic carbocycles. The summed E-state index contributed by atoms with van der Waals surface area (Å²) < 4.78 is 0.956. The second-order valence-corrected chi connectivity index (χ2v) is 7.11. The van der Waals surface area contributed by atoms with Gasteiger partial charge in [0.2, 0.25) is 11.8 Å². The minimum atomic E-state index is -0.332. The number of nitrogens with one attached hydrogen (secondary N) is 1. The fourth-order valence-corrected chi connectivity index (χ4v) is 3.27. The molecule has 1 N–H and O–H groups in total. The first-order valence-corrected chi connectivity index (χ1v) is 8.67. The molecule has 1 fully saturated rings. The standard InChI is InChI=1S/C19H19BrN2O2/c1-12-3-8-17(13(2)9-12)22-11-14(10-18(22)23)19(24)21-16-6-4-15(20)5-7-16/h3-9,14H,10-11H2,1-2H3,(H,21,24)/t14-/m1/s1. The first-order chi connectivity index (χ1) is 11.4. The lowest BCUT2D eigenvalue weighted by molar-refractivity contribution is -0.122. The van der Waals surface area contributed by atoms with E-state index >= 15 is 0 Å². The van der Waals surface area contributed by atoms with E-state index in [1.54, 1.807) is 4.90 Å². The third-order valence-electron chi connectivity index (χ3n) is 4.25. The molecular weight excluding hydrogens is 368 g/mol.